The molecule has 1 N–H and O–H groups in total. The summed E-state index contributed by atoms with van der Waals surface area (Å²) in [5.74, 6) is -0.479. The highest BCUT2D eigenvalue weighted by atomic mass is 19.1. The van der Waals surface area contributed by atoms with E-state index in [-0.39, 0.29) is 11.7 Å². The lowest BCUT2D eigenvalue weighted by Gasteiger charge is -2.06. The average Bonchev–Trinajstić information content (AvgIpc) is 2.41. The van der Waals surface area contributed by atoms with Gasteiger partial charge in [-0.2, -0.15) is 0 Å². The molecule has 2 rings (SSSR count). The minimum atomic E-state index is -0.241. The van der Waals surface area contributed by atoms with Gasteiger partial charge in [-0.3, -0.25) is 9.78 Å². The van der Waals surface area contributed by atoms with E-state index in [1.54, 1.807) is 43.5 Å². The molecule has 1 aromatic carbocycles. The second-order valence-electron chi connectivity index (χ2n) is 3.98. The predicted molar refractivity (Wildman–Crippen MR) is 66.5 cm³/mol. The zero-order valence-corrected chi connectivity index (χ0v) is 9.98. The van der Waals surface area contributed by atoms with Gasteiger partial charge in [0, 0.05) is 12.7 Å². The fraction of sp³-hybridized carbons (Fsp3) is 0.143. The van der Waals surface area contributed by atoms with Gasteiger partial charge < -0.3 is 5.32 Å². The van der Waals surface area contributed by atoms with Gasteiger partial charge in [-0.25, -0.2) is 4.39 Å². The van der Waals surface area contributed by atoms with E-state index in [9.17, 15) is 9.18 Å². The highest BCUT2D eigenvalue weighted by molar-refractivity contribution is 5.92. The molecule has 3 nitrogen and oxygen atoms in total. The molecule has 1 heterocycles. The number of aryl methyl sites for hydroxylation is 1. The van der Waals surface area contributed by atoms with Crippen molar-refractivity contribution in [3.05, 3.63) is 65.2 Å². The molecular formula is C14H13FN2O. The second kappa shape index (κ2) is 5.40. The number of benzene rings is 1. The van der Waals surface area contributed by atoms with E-state index < -0.39 is 0 Å². The quantitative estimate of drug-likeness (QED) is 0.901. The molecule has 0 bridgehead atoms. The molecule has 0 unspecified atom stereocenters. The fourth-order valence-electron chi connectivity index (χ4n) is 1.59. The number of nitrogens with one attached hydrogen (secondary N) is 1. The highest BCUT2D eigenvalue weighted by Gasteiger charge is 2.06. The van der Waals surface area contributed by atoms with Crippen LogP contribution in [0.3, 0.4) is 0 Å². The maximum atomic E-state index is 13.1. The van der Waals surface area contributed by atoms with Crippen LogP contribution < -0.4 is 5.32 Å². The van der Waals surface area contributed by atoms with Gasteiger partial charge >= 0.3 is 0 Å². The predicted octanol–water partition coefficient (Wildman–Crippen LogP) is 2.46. The number of hydrogen-bond donors (Lipinski definition) is 1. The summed E-state index contributed by atoms with van der Waals surface area (Å²) in [5, 5.41) is 2.74. The van der Waals surface area contributed by atoms with E-state index >= 15 is 0 Å². The summed E-state index contributed by atoms with van der Waals surface area (Å²) < 4.78 is 13.1. The summed E-state index contributed by atoms with van der Waals surface area (Å²) in [6.07, 6.45) is 1.57. The Morgan fingerprint density at radius 2 is 2.17 bits per heavy atom. The SMILES string of the molecule is Cc1cc(CNC(=O)c2ccccn2)ccc1F. The minimum absolute atomic E-state index is 0.238. The first-order valence-electron chi connectivity index (χ1n) is 5.61. The van der Waals surface area contributed by atoms with Crippen LogP contribution in [0.1, 0.15) is 21.6 Å². The van der Waals surface area contributed by atoms with Crippen LogP contribution in [-0.2, 0) is 6.54 Å². The Kier molecular flexibility index (Phi) is 3.67. The summed E-state index contributed by atoms with van der Waals surface area (Å²) in [6, 6.07) is 9.92. The van der Waals surface area contributed by atoms with Gasteiger partial charge in [0.05, 0.1) is 0 Å². The van der Waals surface area contributed by atoms with Crippen LogP contribution in [-0.4, -0.2) is 10.9 Å². The Morgan fingerprint density at radius 1 is 1.33 bits per heavy atom. The van der Waals surface area contributed by atoms with Gasteiger partial charge in [0.15, 0.2) is 0 Å². The lowest BCUT2D eigenvalue weighted by Crippen LogP contribution is -2.23. The van der Waals surface area contributed by atoms with Crippen molar-refractivity contribution in [2.24, 2.45) is 0 Å². The first-order chi connectivity index (χ1) is 8.66. The zero-order chi connectivity index (χ0) is 13.0. The Labute approximate surface area is 105 Å². The topological polar surface area (TPSA) is 42.0 Å². The van der Waals surface area contributed by atoms with E-state index in [0.29, 0.717) is 17.8 Å². The first-order valence-corrected chi connectivity index (χ1v) is 5.61. The number of aromatic nitrogens is 1. The first kappa shape index (κ1) is 12.2. The Balaban J connectivity index is 1.99. The van der Waals surface area contributed by atoms with Crippen molar-refractivity contribution >= 4 is 5.91 Å². The molecule has 1 amide bonds. The van der Waals surface area contributed by atoms with Crippen molar-refractivity contribution < 1.29 is 9.18 Å². The van der Waals surface area contributed by atoms with Crippen molar-refractivity contribution in [1.82, 2.24) is 10.3 Å². The van der Waals surface area contributed by atoms with Gasteiger partial charge in [0.2, 0.25) is 0 Å². The average molecular weight is 244 g/mol. The number of rotatable bonds is 3. The zero-order valence-electron chi connectivity index (χ0n) is 9.98. The third-order valence-corrected chi connectivity index (χ3v) is 2.57. The van der Waals surface area contributed by atoms with Crippen molar-refractivity contribution in [3.63, 3.8) is 0 Å². The Bertz CT molecular complexity index is 555. The fourth-order valence-corrected chi connectivity index (χ4v) is 1.59. The molecule has 0 fully saturated rings. The number of halogens is 1. The highest BCUT2D eigenvalue weighted by Crippen LogP contribution is 2.09. The molecule has 0 aliphatic carbocycles. The van der Waals surface area contributed by atoms with E-state index in [0.717, 1.165) is 5.56 Å². The normalized spacial score (nSPS) is 10.1. The summed E-state index contributed by atoms with van der Waals surface area (Å²) in [7, 11) is 0. The van der Waals surface area contributed by atoms with Crippen LogP contribution in [0.4, 0.5) is 4.39 Å². The minimum Gasteiger partial charge on any atom is -0.347 e. The monoisotopic (exact) mass is 244 g/mol. The number of carbonyl (C=O) groups excluding carboxylic acids is 1. The van der Waals surface area contributed by atoms with Crippen molar-refractivity contribution in [2.45, 2.75) is 13.5 Å². The maximum Gasteiger partial charge on any atom is 0.270 e. The van der Waals surface area contributed by atoms with E-state index in [1.165, 1.54) is 6.07 Å². The summed E-state index contributed by atoms with van der Waals surface area (Å²) in [6.45, 7) is 2.05. The summed E-state index contributed by atoms with van der Waals surface area (Å²) >= 11 is 0. The van der Waals surface area contributed by atoms with Crippen LogP contribution in [0.15, 0.2) is 42.6 Å². The van der Waals surface area contributed by atoms with Crippen LogP contribution in [0.25, 0.3) is 0 Å². The summed E-state index contributed by atoms with van der Waals surface area (Å²) in [4.78, 5) is 15.7. The molecule has 0 radical (unpaired) electrons. The molecule has 0 saturated carbocycles. The maximum absolute atomic E-state index is 13.1. The van der Waals surface area contributed by atoms with Gasteiger partial charge in [0.25, 0.3) is 5.91 Å². The lowest BCUT2D eigenvalue weighted by atomic mass is 10.1. The molecule has 4 heteroatoms. The molecule has 0 spiro atoms. The van der Waals surface area contributed by atoms with Crippen LogP contribution >= 0.6 is 0 Å². The number of amides is 1. The smallest absolute Gasteiger partial charge is 0.270 e. The molecular weight excluding hydrogens is 231 g/mol. The molecule has 0 aliphatic rings. The Hall–Kier alpha value is -2.23. The van der Waals surface area contributed by atoms with Crippen LogP contribution in [0.2, 0.25) is 0 Å². The third-order valence-electron chi connectivity index (χ3n) is 2.57. The molecule has 0 atom stereocenters. The van der Waals surface area contributed by atoms with Crippen molar-refractivity contribution in [3.8, 4) is 0 Å². The van der Waals surface area contributed by atoms with Gasteiger partial charge in [-0.15, -0.1) is 0 Å². The lowest BCUT2D eigenvalue weighted by molar-refractivity contribution is 0.0946. The number of carbonyl (C=O) groups is 1. The van der Waals surface area contributed by atoms with Crippen molar-refractivity contribution in [2.75, 3.05) is 0 Å². The van der Waals surface area contributed by atoms with E-state index in [4.69, 9.17) is 0 Å². The van der Waals surface area contributed by atoms with Gasteiger partial charge in [-0.05, 0) is 36.2 Å². The Morgan fingerprint density at radius 3 is 2.83 bits per heavy atom. The largest absolute Gasteiger partial charge is 0.347 e. The molecule has 1 aromatic heterocycles. The second-order valence-corrected chi connectivity index (χ2v) is 3.98. The molecule has 18 heavy (non-hydrogen) atoms. The van der Waals surface area contributed by atoms with Crippen LogP contribution in [0, 0.1) is 12.7 Å². The van der Waals surface area contributed by atoms with E-state index in [1.807, 2.05) is 0 Å². The van der Waals surface area contributed by atoms with Gasteiger partial charge in [0.1, 0.15) is 11.5 Å². The standard InChI is InChI=1S/C14H13FN2O/c1-10-8-11(5-6-12(10)15)9-17-14(18)13-4-2-3-7-16-13/h2-8H,9H2,1H3,(H,17,18). The molecule has 0 aliphatic heterocycles. The van der Waals surface area contributed by atoms with Gasteiger partial charge in [-0.1, -0.05) is 18.2 Å². The molecule has 92 valence electrons. The number of pyridine rings is 1. The number of hydrogen-bond acceptors (Lipinski definition) is 2. The van der Waals surface area contributed by atoms with Crippen molar-refractivity contribution in [1.29, 1.82) is 0 Å². The molecule has 2 aromatic rings. The van der Waals surface area contributed by atoms with Crippen LogP contribution in [0.5, 0.6) is 0 Å². The number of nitrogens with zero attached hydrogens (tertiary/aromatic N) is 1. The summed E-state index contributed by atoms with van der Waals surface area (Å²) in [5.41, 5.74) is 1.80. The van der Waals surface area contributed by atoms with E-state index in [2.05, 4.69) is 10.3 Å². The molecule has 0 saturated heterocycles. The third kappa shape index (κ3) is 2.91.